The van der Waals surface area contributed by atoms with Crippen LogP contribution in [0.1, 0.15) is 29.5 Å². The maximum absolute atomic E-state index is 12.5. The number of fused-ring (bicyclic) bond motifs is 1. The molecular formula is C13H13BrN6O. The van der Waals surface area contributed by atoms with E-state index in [1.54, 1.807) is 4.40 Å². The number of amides is 1. The second-order valence-electron chi connectivity index (χ2n) is 4.52. The zero-order chi connectivity index (χ0) is 14.8. The standard InChI is InChI=1S/C13H13BrN6O/c1-2-3-9-11(12(21)18-13-15-7-16-19-13)20-6-8(14)4-5-10(20)17-9/h4-7H,2-3H2,1H3,(H2,15,16,18,19,21). The Morgan fingerprint density at radius 2 is 2.33 bits per heavy atom. The Hall–Kier alpha value is -2.22. The van der Waals surface area contributed by atoms with Gasteiger partial charge in [-0.15, -0.1) is 0 Å². The summed E-state index contributed by atoms with van der Waals surface area (Å²) < 4.78 is 2.66. The van der Waals surface area contributed by atoms with E-state index in [0.717, 1.165) is 28.7 Å². The largest absolute Gasteiger partial charge is 0.294 e. The van der Waals surface area contributed by atoms with Crippen LogP contribution in [-0.4, -0.2) is 30.5 Å². The van der Waals surface area contributed by atoms with Crippen molar-refractivity contribution in [3.63, 3.8) is 0 Å². The number of rotatable bonds is 4. The number of aryl methyl sites for hydroxylation is 1. The molecule has 3 aromatic rings. The van der Waals surface area contributed by atoms with Crippen LogP contribution in [0, 0.1) is 0 Å². The van der Waals surface area contributed by atoms with Crippen molar-refractivity contribution < 1.29 is 4.79 Å². The van der Waals surface area contributed by atoms with Gasteiger partial charge in [0.15, 0.2) is 0 Å². The van der Waals surface area contributed by atoms with Gasteiger partial charge in [-0.3, -0.25) is 14.5 Å². The van der Waals surface area contributed by atoms with E-state index in [1.807, 2.05) is 18.3 Å². The number of pyridine rings is 1. The molecule has 3 aromatic heterocycles. The van der Waals surface area contributed by atoms with Crippen molar-refractivity contribution in [2.45, 2.75) is 19.8 Å². The summed E-state index contributed by atoms with van der Waals surface area (Å²) in [6.45, 7) is 2.05. The van der Waals surface area contributed by atoms with Crippen molar-refractivity contribution in [2.24, 2.45) is 0 Å². The molecule has 0 saturated carbocycles. The lowest BCUT2D eigenvalue weighted by Crippen LogP contribution is -2.17. The van der Waals surface area contributed by atoms with Crippen molar-refractivity contribution in [3.05, 3.63) is 40.5 Å². The molecule has 2 N–H and O–H groups in total. The SMILES string of the molecule is CCCc1nc2ccc(Br)cn2c1C(=O)Nc1ncn[nH]1. The summed E-state index contributed by atoms with van der Waals surface area (Å²) in [5.41, 5.74) is 2.03. The third-order valence-corrected chi connectivity index (χ3v) is 3.47. The minimum Gasteiger partial charge on any atom is -0.294 e. The Bertz CT molecular complexity index is 779. The molecular weight excluding hydrogens is 336 g/mol. The number of carbonyl (C=O) groups excluding carboxylic acids is 1. The van der Waals surface area contributed by atoms with Crippen molar-refractivity contribution >= 4 is 33.4 Å². The summed E-state index contributed by atoms with van der Waals surface area (Å²) in [6.07, 6.45) is 4.82. The van der Waals surface area contributed by atoms with Crippen LogP contribution in [0.25, 0.3) is 5.65 Å². The fraction of sp³-hybridized carbons (Fsp3) is 0.231. The van der Waals surface area contributed by atoms with E-state index in [-0.39, 0.29) is 5.91 Å². The average Bonchev–Trinajstić information content (AvgIpc) is 3.06. The van der Waals surface area contributed by atoms with Gasteiger partial charge in [0.1, 0.15) is 17.7 Å². The number of nitrogens with one attached hydrogen (secondary N) is 2. The van der Waals surface area contributed by atoms with E-state index in [2.05, 4.69) is 48.3 Å². The molecule has 0 aliphatic carbocycles. The van der Waals surface area contributed by atoms with Gasteiger partial charge < -0.3 is 0 Å². The first-order chi connectivity index (χ1) is 10.2. The Labute approximate surface area is 128 Å². The predicted octanol–water partition coefficient (Wildman–Crippen LogP) is 2.42. The zero-order valence-corrected chi connectivity index (χ0v) is 12.9. The van der Waals surface area contributed by atoms with Crippen LogP contribution in [-0.2, 0) is 6.42 Å². The lowest BCUT2D eigenvalue weighted by Gasteiger charge is -2.04. The number of hydrogen-bond donors (Lipinski definition) is 2. The molecule has 0 aliphatic heterocycles. The number of hydrogen-bond acceptors (Lipinski definition) is 4. The minimum atomic E-state index is -0.263. The highest BCUT2D eigenvalue weighted by Crippen LogP contribution is 2.19. The Morgan fingerprint density at radius 3 is 3.05 bits per heavy atom. The summed E-state index contributed by atoms with van der Waals surface area (Å²) in [4.78, 5) is 20.9. The first kappa shape index (κ1) is 13.7. The van der Waals surface area contributed by atoms with Crippen molar-refractivity contribution in [1.82, 2.24) is 24.6 Å². The maximum Gasteiger partial charge on any atom is 0.276 e. The summed E-state index contributed by atoms with van der Waals surface area (Å²) >= 11 is 3.42. The van der Waals surface area contributed by atoms with Gasteiger partial charge in [0.25, 0.3) is 5.91 Å². The number of halogens is 1. The summed E-state index contributed by atoms with van der Waals surface area (Å²) in [5.74, 6) is 0.0493. The molecule has 0 fully saturated rings. The molecule has 0 atom stereocenters. The highest BCUT2D eigenvalue weighted by Gasteiger charge is 2.19. The first-order valence-corrected chi connectivity index (χ1v) is 7.31. The van der Waals surface area contributed by atoms with Crippen molar-refractivity contribution in [3.8, 4) is 0 Å². The lowest BCUT2D eigenvalue weighted by atomic mass is 10.2. The van der Waals surface area contributed by atoms with Crippen LogP contribution in [0.5, 0.6) is 0 Å². The molecule has 0 aliphatic rings. The summed E-state index contributed by atoms with van der Waals surface area (Å²) in [7, 11) is 0. The Kier molecular flexibility index (Phi) is 3.70. The number of H-pyrrole nitrogens is 1. The van der Waals surface area contributed by atoms with Crippen LogP contribution in [0.2, 0.25) is 0 Å². The van der Waals surface area contributed by atoms with Gasteiger partial charge in [0.2, 0.25) is 5.95 Å². The average molecular weight is 349 g/mol. The van der Waals surface area contributed by atoms with E-state index in [9.17, 15) is 4.79 Å². The molecule has 108 valence electrons. The van der Waals surface area contributed by atoms with Crippen LogP contribution in [0.3, 0.4) is 0 Å². The highest BCUT2D eigenvalue weighted by atomic mass is 79.9. The molecule has 3 rings (SSSR count). The van der Waals surface area contributed by atoms with Gasteiger partial charge in [-0.1, -0.05) is 13.3 Å². The lowest BCUT2D eigenvalue weighted by molar-refractivity contribution is 0.101. The predicted molar refractivity (Wildman–Crippen MR) is 81.2 cm³/mol. The second-order valence-corrected chi connectivity index (χ2v) is 5.44. The summed E-state index contributed by atoms with van der Waals surface area (Å²) in [5, 5.41) is 9.01. The molecule has 0 radical (unpaired) electrons. The Balaban J connectivity index is 2.07. The molecule has 0 aromatic carbocycles. The topological polar surface area (TPSA) is 88.0 Å². The van der Waals surface area contributed by atoms with E-state index in [1.165, 1.54) is 6.33 Å². The monoisotopic (exact) mass is 348 g/mol. The van der Waals surface area contributed by atoms with Gasteiger partial charge in [0, 0.05) is 10.7 Å². The van der Waals surface area contributed by atoms with Crippen LogP contribution in [0.15, 0.2) is 29.1 Å². The maximum atomic E-state index is 12.5. The van der Waals surface area contributed by atoms with Crippen LogP contribution < -0.4 is 5.32 Å². The van der Waals surface area contributed by atoms with Crippen molar-refractivity contribution in [2.75, 3.05) is 5.32 Å². The Morgan fingerprint density at radius 1 is 1.48 bits per heavy atom. The number of imidazole rings is 1. The summed E-state index contributed by atoms with van der Waals surface area (Å²) in [6, 6.07) is 3.77. The number of anilines is 1. The van der Waals surface area contributed by atoms with Gasteiger partial charge in [-0.2, -0.15) is 10.1 Å². The molecule has 7 nitrogen and oxygen atoms in total. The number of aromatic nitrogens is 5. The van der Waals surface area contributed by atoms with Gasteiger partial charge in [-0.25, -0.2) is 10.1 Å². The molecule has 0 saturated heterocycles. The molecule has 8 heteroatoms. The third kappa shape index (κ3) is 2.66. The fourth-order valence-electron chi connectivity index (χ4n) is 2.15. The molecule has 21 heavy (non-hydrogen) atoms. The quantitative estimate of drug-likeness (QED) is 0.757. The van der Waals surface area contributed by atoms with E-state index in [4.69, 9.17) is 0 Å². The normalized spacial score (nSPS) is 11.0. The highest BCUT2D eigenvalue weighted by molar-refractivity contribution is 9.10. The number of carbonyl (C=O) groups is 1. The van der Waals surface area contributed by atoms with Crippen LogP contribution >= 0.6 is 15.9 Å². The fourth-order valence-corrected chi connectivity index (χ4v) is 2.49. The van der Waals surface area contributed by atoms with E-state index in [0.29, 0.717) is 11.6 Å². The van der Waals surface area contributed by atoms with Gasteiger partial charge in [0.05, 0.1) is 5.69 Å². The molecule has 0 spiro atoms. The molecule has 3 heterocycles. The molecule has 0 unspecified atom stereocenters. The first-order valence-electron chi connectivity index (χ1n) is 6.52. The smallest absolute Gasteiger partial charge is 0.276 e. The number of nitrogens with zero attached hydrogens (tertiary/aromatic N) is 4. The van der Waals surface area contributed by atoms with E-state index >= 15 is 0 Å². The minimum absolute atomic E-state index is 0.263. The van der Waals surface area contributed by atoms with E-state index < -0.39 is 0 Å². The number of aromatic amines is 1. The molecule has 1 amide bonds. The van der Waals surface area contributed by atoms with Gasteiger partial charge >= 0.3 is 0 Å². The van der Waals surface area contributed by atoms with Crippen molar-refractivity contribution in [1.29, 1.82) is 0 Å². The molecule has 0 bridgehead atoms. The second kappa shape index (κ2) is 5.65. The third-order valence-electron chi connectivity index (χ3n) is 3.00. The zero-order valence-electron chi connectivity index (χ0n) is 11.3. The van der Waals surface area contributed by atoms with Gasteiger partial charge in [-0.05, 0) is 34.5 Å². The van der Waals surface area contributed by atoms with Crippen LogP contribution in [0.4, 0.5) is 5.95 Å².